The van der Waals surface area contributed by atoms with Gasteiger partial charge in [-0.25, -0.2) is 10.2 Å². The van der Waals surface area contributed by atoms with Crippen LogP contribution in [0, 0.1) is 0 Å². The smallest absolute Gasteiger partial charge is 0.332 e. The van der Waals surface area contributed by atoms with Gasteiger partial charge in [-0.15, -0.1) is 0 Å². The second-order valence-corrected chi connectivity index (χ2v) is 8.63. The van der Waals surface area contributed by atoms with Crippen molar-refractivity contribution in [2.45, 2.75) is 25.9 Å². The lowest BCUT2D eigenvalue weighted by Crippen LogP contribution is -2.37. The van der Waals surface area contributed by atoms with E-state index in [4.69, 9.17) is 4.74 Å². The molecule has 198 valence electrons. The number of carbonyl (C=O) groups excluding carboxylic acids is 1. The largest absolute Gasteiger partial charge is 0.507 e. The lowest BCUT2D eigenvalue weighted by atomic mass is 10.2. The quantitative estimate of drug-likeness (QED) is 0.214. The molecule has 12 nitrogen and oxygen atoms in total. The predicted molar refractivity (Wildman–Crippen MR) is 144 cm³/mol. The zero-order valence-corrected chi connectivity index (χ0v) is 21.3. The molecule has 0 spiro atoms. The van der Waals surface area contributed by atoms with Crippen LogP contribution in [0.3, 0.4) is 0 Å². The Kier molecular flexibility index (Phi) is 7.90. The molecule has 38 heavy (non-hydrogen) atoms. The fraction of sp³-hybridized carbons (Fsp3) is 0.269. The first-order valence-electron chi connectivity index (χ1n) is 11.9. The summed E-state index contributed by atoms with van der Waals surface area (Å²) in [5.74, 6) is 0.567. The van der Waals surface area contributed by atoms with E-state index in [-0.39, 0.29) is 29.2 Å². The topological polar surface area (TPSA) is 145 Å². The first kappa shape index (κ1) is 26.2. The Bertz CT molecular complexity index is 1600. The van der Waals surface area contributed by atoms with Crippen LogP contribution in [0.1, 0.15) is 24.0 Å². The van der Waals surface area contributed by atoms with Gasteiger partial charge in [0.05, 0.1) is 13.3 Å². The predicted octanol–water partition coefficient (Wildman–Crippen LogP) is 1.69. The maximum atomic E-state index is 13.0. The van der Waals surface area contributed by atoms with Gasteiger partial charge in [-0.05, 0) is 24.1 Å². The van der Waals surface area contributed by atoms with Crippen LogP contribution >= 0.6 is 0 Å². The zero-order valence-electron chi connectivity index (χ0n) is 21.3. The minimum atomic E-state index is -0.470. The summed E-state index contributed by atoms with van der Waals surface area (Å²) in [6.45, 7) is 0.767. The van der Waals surface area contributed by atoms with E-state index in [2.05, 4.69) is 20.8 Å². The molecule has 1 amide bonds. The maximum Gasteiger partial charge on any atom is 0.332 e. The highest BCUT2D eigenvalue weighted by atomic mass is 16.5. The normalized spacial score (nSPS) is 11.2. The van der Waals surface area contributed by atoms with Crippen molar-refractivity contribution in [3.8, 4) is 11.5 Å². The number of fused-ring (bicyclic) bond motifs is 1. The number of amides is 1. The molecular weight excluding hydrogens is 490 g/mol. The molecule has 4 aromatic rings. The lowest BCUT2D eigenvalue weighted by molar-refractivity contribution is -0.121. The maximum absolute atomic E-state index is 13.0. The molecule has 0 atom stereocenters. The number of hydrazone groups is 1. The molecular formula is C26H29N7O5. The number of imidazole rings is 1. The van der Waals surface area contributed by atoms with Crippen molar-refractivity contribution in [3.63, 3.8) is 0 Å². The average molecular weight is 520 g/mol. The standard InChI is InChI=1S/C26H29N7O5/c1-31-23-22(24(36)32(2)26(31)37)33(25(29-23)27-15-17-8-5-4-6-9-17)13-7-10-21(35)30-28-16-18-11-12-19(38-3)14-20(18)34/h4-6,8-9,11-12,14,16,34H,7,10,13,15H2,1-3H3,(H,27,29)(H,30,35)/b28-16+. The van der Waals surface area contributed by atoms with Crippen molar-refractivity contribution in [2.24, 2.45) is 19.2 Å². The fourth-order valence-corrected chi connectivity index (χ4v) is 3.96. The van der Waals surface area contributed by atoms with Crippen LogP contribution in [0.15, 0.2) is 63.2 Å². The zero-order chi connectivity index (χ0) is 27.2. The summed E-state index contributed by atoms with van der Waals surface area (Å²) in [4.78, 5) is 42.3. The molecule has 3 N–H and O–H groups in total. The number of aryl methyl sites for hydroxylation is 2. The number of nitrogens with one attached hydrogen (secondary N) is 2. The number of benzene rings is 2. The molecule has 0 unspecified atom stereocenters. The van der Waals surface area contributed by atoms with E-state index in [0.29, 0.717) is 36.8 Å². The minimum Gasteiger partial charge on any atom is -0.507 e. The Balaban J connectivity index is 1.48. The van der Waals surface area contributed by atoms with Gasteiger partial charge >= 0.3 is 5.69 Å². The Labute approximate surface area is 217 Å². The summed E-state index contributed by atoms with van der Waals surface area (Å²) in [6, 6.07) is 14.4. The molecule has 0 aliphatic carbocycles. The molecule has 2 heterocycles. The number of phenols is 1. The van der Waals surface area contributed by atoms with E-state index in [1.54, 1.807) is 23.7 Å². The number of hydrogen-bond acceptors (Lipinski definition) is 8. The van der Waals surface area contributed by atoms with Crippen molar-refractivity contribution >= 4 is 29.2 Å². The number of methoxy groups -OCH3 is 1. The summed E-state index contributed by atoms with van der Waals surface area (Å²) in [5, 5.41) is 17.1. The molecule has 0 fully saturated rings. The van der Waals surface area contributed by atoms with Crippen LogP contribution < -0.4 is 26.7 Å². The summed E-state index contributed by atoms with van der Waals surface area (Å²) >= 11 is 0. The molecule has 4 rings (SSSR count). The number of anilines is 1. The van der Waals surface area contributed by atoms with Crippen LogP contribution in [0.25, 0.3) is 11.2 Å². The molecule has 2 aromatic heterocycles. The van der Waals surface area contributed by atoms with E-state index >= 15 is 0 Å². The van der Waals surface area contributed by atoms with Crippen molar-refractivity contribution in [3.05, 3.63) is 80.5 Å². The van der Waals surface area contributed by atoms with Crippen LogP contribution in [-0.4, -0.2) is 43.0 Å². The monoisotopic (exact) mass is 519 g/mol. The minimum absolute atomic E-state index is 0.0270. The number of ether oxygens (including phenoxy) is 1. The highest BCUT2D eigenvalue weighted by Gasteiger charge is 2.19. The highest BCUT2D eigenvalue weighted by molar-refractivity contribution is 5.85. The van der Waals surface area contributed by atoms with Gasteiger partial charge in [0.1, 0.15) is 11.5 Å². The van der Waals surface area contributed by atoms with Gasteiger partial charge in [-0.3, -0.25) is 18.7 Å². The summed E-state index contributed by atoms with van der Waals surface area (Å²) in [5.41, 5.74) is 3.49. The van der Waals surface area contributed by atoms with Gasteiger partial charge < -0.3 is 19.7 Å². The summed E-state index contributed by atoms with van der Waals surface area (Å²) in [6.07, 6.45) is 1.84. The van der Waals surface area contributed by atoms with Gasteiger partial charge in [-0.1, -0.05) is 30.3 Å². The Morgan fingerprint density at radius 2 is 1.89 bits per heavy atom. The van der Waals surface area contributed by atoms with E-state index in [1.165, 1.54) is 31.0 Å². The second kappa shape index (κ2) is 11.5. The molecule has 2 aromatic carbocycles. The van der Waals surface area contributed by atoms with Gasteiger partial charge in [0, 0.05) is 45.2 Å². The van der Waals surface area contributed by atoms with E-state index in [1.807, 2.05) is 30.3 Å². The lowest BCUT2D eigenvalue weighted by Gasteiger charge is -2.11. The number of carbonyl (C=O) groups is 1. The molecule has 0 radical (unpaired) electrons. The number of aromatic nitrogens is 4. The van der Waals surface area contributed by atoms with Gasteiger partial charge in [-0.2, -0.15) is 10.1 Å². The van der Waals surface area contributed by atoms with E-state index in [9.17, 15) is 19.5 Å². The molecule has 0 aliphatic rings. The third-order valence-electron chi connectivity index (χ3n) is 6.06. The first-order chi connectivity index (χ1) is 18.3. The van der Waals surface area contributed by atoms with Gasteiger partial charge in [0.15, 0.2) is 11.2 Å². The SMILES string of the molecule is COc1ccc(/C=N/NC(=O)CCCn2c(NCc3ccccc3)nc3c2c(=O)n(C)c(=O)n3C)c(O)c1. The third kappa shape index (κ3) is 5.59. The number of hydrogen-bond donors (Lipinski definition) is 3. The number of phenolic OH excluding ortho intramolecular Hbond substituents is 1. The Morgan fingerprint density at radius 1 is 1.13 bits per heavy atom. The van der Waals surface area contributed by atoms with Crippen LogP contribution in [-0.2, 0) is 32.0 Å². The fourth-order valence-electron chi connectivity index (χ4n) is 3.96. The molecule has 0 aliphatic heterocycles. The van der Waals surface area contributed by atoms with Crippen molar-refractivity contribution in [2.75, 3.05) is 12.4 Å². The third-order valence-corrected chi connectivity index (χ3v) is 6.06. The Morgan fingerprint density at radius 3 is 2.61 bits per heavy atom. The highest BCUT2D eigenvalue weighted by Crippen LogP contribution is 2.22. The average Bonchev–Trinajstić information content (AvgIpc) is 3.29. The molecule has 0 saturated heterocycles. The van der Waals surface area contributed by atoms with Crippen LogP contribution in [0.2, 0.25) is 0 Å². The number of rotatable bonds is 10. The number of aromatic hydroxyl groups is 1. The summed E-state index contributed by atoms with van der Waals surface area (Å²) in [7, 11) is 4.48. The molecule has 12 heteroatoms. The van der Waals surface area contributed by atoms with Gasteiger partial charge in [0.2, 0.25) is 11.9 Å². The van der Waals surface area contributed by atoms with Crippen LogP contribution in [0.4, 0.5) is 5.95 Å². The van der Waals surface area contributed by atoms with Crippen LogP contribution in [0.5, 0.6) is 11.5 Å². The molecule has 0 bridgehead atoms. The van der Waals surface area contributed by atoms with Crippen molar-refractivity contribution < 1.29 is 14.6 Å². The van der Waals surface area contributed by atoms with Crippen molar-refractivity contribution in [1.82, 2.24) is 24.1 Å². The molecule has 0 saturated carbocycles. The summed E-state index contributed by atoms with van der Waals surface area (Å²) < 4.78 is 9.11. The van der Waals surface area contributed by atoms with Crippen molar-refractivity contribution in [1.29, 1.82) is 0 Å². The number of nitrogens with zero attached hydrogens (tertiary/aromatic N) is 5. The second-order valence-electron chi connectivity index (χ2n) is 8.63. The van der Waals surface area contributed by atoms with E-state index < -0.39 is 11.2 Å². The van der Waals surface area contributed by atoms with Gasteiger partial charge in [0.25, 0.3) is 5.56 Å². The van der Waals surface area contributed by atoms with E-state index in [0.717, 1.165) is 10.1 Å². The first-order valence-corrected chi connectivity index (χ1v) is 11.9. The Hall–Kier alpha value is -4.87.